The first-order valence-electron chi connectivity index (χ1n) is 5.64. The second-order valence-electron chi connectivity index (χ2n) is 3.54. The van der Waals surface area contributed by atoms with E-state index in [-0.39, 0.29) is 0 Å². The van der Waals surface area contributed by atoms with E-state index >= 15 is 0 Å². The molecule has 0 aromatic carbocycles. The van der Waals surface area contributed by atoms with Crippen LogP contribution in [-0.4, -0.2) is 31.3 Å². The summed E-state index contributed by atoms with van der Waals surface area (Å²) in [5.41, 5.74) is 1.21. The monoisotopic (exact) mass is 286 g/mol. The van der Waals surface area contributed by atoms with E-state index in [1.54, 1.807) is 0 Å². The molecule has 0 bridgehead atoms. The smallest absolute Gasteiger partial charge is 0.143 e. The molecule has 0 unspecified atom stereocenters. The van der Waals surface area contributed by atoms with Crippen LogP contribution in [0.25, 0.3) is 0 Å². The number of hydrogen-bond acceptors (Lipinski definition) is 3. The first-order valence-corrected chi connectivity index (χ1v) is 6.43. The van der Waals surface area contributed by atoms with Gasteiger partial charge in [0.1, 0.15) is 5.82 Å². The molecular formula is C12H19BrN2O. The Balaban J connectivity index is 2.74. The van der Waals surface area contributed by atoms with Gasteiger partial charge in [0.2, 0.25) is 0 Å². The maximum Gasteiger partial charge on any atom is 0.143 e. The quantitative estimate of drug-likeness (QED) is 0.752. The molecule has 0 aliphatic rings. The first kappa shape index (κ1) is 13.5. The van der Waals surface area contributed by atoms with Crippen molar-refractivity contribution in [3.8, 4) is 0 Å². The number of pyridine rings is 1. The maximum atomic E-state index is 5.37. The highest BCUT2D eigenvalue weighted by atomic mass is 79.9. The lowest BCUT2D eigenvalue weighted by molar-refractivity contribution is 0.154. The van der Waals surface area contributed by atoms with Crippen molar-refractivity contribution in [2.45, 2.75) is 20.8 Å². The Labute approximate surface area is 106 Å². The molecule has 3 nitrogen and oxygen atoms in total. The summed E-state index contributed by atoms with van der Waals surface area (Å²) in [4.78, 5) is 6.63. The highest BCUT2D eigenvalue weighted by Gasteiger charge is 2.10. The highest BCUT2D eigenvalue weighted by molar-refractivity contribution is 9.10. The summed E-state index contributed by atoms with van der Waals surface area (Å²) < 4.78 is 6.45. The molecule has 16 heavy (non-hydrogen) atoms. The van der Waals surface area contributed by atoms with Crippen molar-refractivity contribution in [1.29, 1.82) is 0 Å². The van der Waals surface area contributed by atoms with Crippen LogP contribution < -0.4 is 4.90 Å². The molecule has 0 aliphatic heterocycles. The lowest BCUT2D eigenvalue weighted by Gasteiger charge is -2.23. The van der Waals surface area contributed by atoms with Gasteiger partial charge in [-0.25, -0.2) is 4.98 Å². The average molecular weight is 287 g/mol. The molecule has 0 saturated carbocycles. The van der Waals surface area contributed by atoms with Gasteiger partial charge in [0.05, 0.1) is 11.1 Å². The van der Waals surface area contributed by atoms with E-state index in [0.717, 1.165) is 36.6 Å². The first-order chi connectivity index (χ1) is 7.70. The normalized spacial score (nSPS) is 10.5. The van der Waals surface area contributed by atoms with Gasteiger partial charge in [-0.1, -0.05) is 0 Å². The van der Waals surface area contributed by atoms with Crippen LogP contribution in [0.15, 0.2) is 16.7 Å². The van der Waals surface area contributed by atoms with Gasteiger partial charge in [0, 0.05) is 25.9 Å². The number of rotatable bonds is 6. The summed E-state index contributed by atoms with van der Waals surface area (Å²) in [5, 5.41) is 0. The third kappa shape index (κ3) is 3.46. The lowest BCUT2D eigenvalue weighted by Crippen LogP contribution is -2.28. The molecule has 0 aliphatic carbocycles. The fourth-order valence-electron chi connectivity index (χ4n) is 1.48. The van der Waals surface area contributed by atoms with Gasteiger partial charge in [-0.2, -0.15) is 0 Å². The summed E-state index contributed by atoms with van der Waals surface area (Å²) in [5.74, 6) is 1.00. The number of aryl methyl sites for hydroxylation is 1. The number of aromatic nitrogens is 1. The molecule has 1 rings (SSSR count). The van der Waals surface area contributed by atoms with Gasteiger partial charge in [-0.05, 0) is 48.3 Å². The molecule has 0 atom stereocenters. The van der Waals surface area contributed by atoms with Gasteiger partial charge in [0.25, 0.3) is 0 Å². The van der Waals surface area contributed by atoms with Crippen molar-refractivity contribution in [2.75, 3.05) is 31.2 Å². The molecule has 0 amide bonds. The minimum Gasteiger partial charge on any atom is -0.380 e. The van der Waals surface area contributed by atoms with Crippen LogP contribution in [-0.2, 0) is 4.74 Å². The van der Waals surface area contributed by atoms with Crippen LogP contribution in [0.4, 0.5) is 5.82 Å². The van der Waals surface area contributed by atoms with Gasteiger partial charge < -0.3 is 9.64 Å². The molecule has 0 N–H and O–H groups in total. The number of anilines is 1. The maximum absolute atomic E-state index is 5.37. The fraction of sp³-hybridized carbons (Fsp3) is 0.583. The number of ether oxygens (including phenoxy) is 1. The standard InChI is InChI=1S/C12H19BrN2O/c1-4-15(8-9-16-5-2)12-11(13)10(3)6-7-14-12/h6-7H,4-5,8-9H2,1-3H3. The Bertz CT molecular complexity index is 331. The minimum atomic E-state index is 0.742. The van der Waals surface area contributed by atoms with E-state index in [1.165, 1.54) is 5.56 Å². The average Bonchev–Trinajstić information content (AvgIpc) is 2.29. The summed E-state index contributed by atoms with van der Waals surface area (Å²) >= 11 is 3.59. The van der Waals surface area contributed by atoms with Crippen molar-refractivity contribution in [3.05, 3.63) is 22.3 Å². The zero-order valence-electron chi connectivity index (χ0n) is 10.2. The molecule has 4 heteroatoms. The van der Waals surface area contributed by atoms with Crippen molar-refractivity contribution >= 4 is 21.7 Å². The second kappa shape index (κ2) is 6.86. The van der Waals surface area contributed by atoms with E-state index in [9.17, 15) is 0 Å². The zero-order valence-corrected chi connectivity index (χ0v) is 11.7. The van der Waals surface area contributed by atoms with Crippen molar-refractivity contribution in [1.82, 2.24) is 4.98 Å². The van der Waals surface area contributed by atoms with E-state index in [4.69, 9.17) is 4.74 Å². The number of halogens is 1. The van der Waals surface area contributed by atoms with E-state index in [0.29, 0.717) is 0 Å². The molecule has 1 heterocycles. The minimum absolute atomic E-state index is 0.742. The molecule has 1 aromatic heterocycles. The van der Waals surface area contributed by atoms with Crippen molar-refractivity contribution < 1.29 is 4.74 Å². The highest BCUT2D eigenvalue weighted by Crippen LogP contribution is 2.26. The predicted molar refractivity (Wildman–Crippen MR) is 71.1 cm³/mol. The molecule has 0 spiro atoms. The van der Waals surface area contributed by atoms with Crippen LogP contribution in [0.1, 0.15) is 19.4 Å². The number of hydrogen-bond donors (Lipinski definition) is 0. The van der Waals surface area contributed by atoms with E-state index < -0.39 is 0 Å². The lowest BCUT2D eigenvalue weighted by atomic mass is 10.3. The van der Waals surface area contributed by atoms with Gasteiger partial charge in [-0.15, -0.1) is 0 Å². The summed E-state index contributed by atoms with van der Waals surface area (Å²) in [6, 6.07) is 2.00. The molecule has 90 valence electrons. The molecule has 0 fully saturated rings. The Morgan fingerprint density at radius 3 is 2.81 bits per heavy atom. The SMILES string of the molecule is CCOCCN(CC)c1nccc(C)c1Br. The molecule has 0 radical (unpaired) electrons. The van der Waals surface area contributed by atoms with Crippen LogP contribution in [0.5, 0.6) is 0 Å². The van der Waals surface area contributed by atoms with Crippen molar-refractivity contribution in [2.24, 2.45) is 0 Å². The van der Waals surface area contributed by atoms with Crippen LogP contribution in [0.3, 0.4) is 0 Å². The third-order valence-corrected chi connectivity index (χ3v) is 3.43. The Kier molecular flexibility index (Phi) is 5.77. The van der Waals surface area contributed by atoms with E-state index in [1.807, 2.05) is 19.2 Å². The number of likely N-dealkylation sites (N-methyl/N-ethyl adjacent to an activating group) is 1. The summed E-state index contributed by atoms with van der Waals surface area (Å²) in [6.07, 6.45) is 1.85. The summed E-state index contributed by atoms with van der Waals surface area (Å²) in [6.45, 7) is 9.53. The van der Waals surface area contributed by atoms with E-state index in [2.05, 4.69) is 39.7 Å². The third-order valence-electron chi connectivity index (χ3n) is 2.45. The zero-order chi connectivity index (χ0) is 12.0. The molecule has 1 aromatic rings. The van der Waals surface area contributed by atoms with Gasteiger partial charge in [0.15, 0.2) is 0 Å². The fourth-order valence-corrected chi connectivity index (χ4v) is 1.96. The van der Waals surface area contributed by atoms with Crippen molar-refractivity contribution in [3.63, 3.8) is 0 Å². The topological polar surface area (TPSA) is 25.4 Å². The van der Waals surface area contributed by atoms with Crippen LogP contribution >= 0.6 is 15.9 Å². The Morgan fingerprint density at radius 1 is 1.44 bits per heavy atom. The van der Waals surface area contributed by atoms with Crippen LogP contribution in [0.2, 0.25) is 0 Å². The van der Waals surface area contributed by atoms with Gasteiger partial charge >= 0.3 is 0 Å². The van der Waals surface area contributed by atoms with Gasteiger partial charge in [-0.3, -0.25) is 0 Å². The summed E-state index contributed by atoms with van der Waals surface area (Å²) in [7, 11) is 0. The second-order valence-corrected chi connectivity index (χ2v) is 4.34. The largest absolute Gasteiger partial charge is 0.380 e. The molecule has 0 saturated heterocycles. The number of nitrogens with zero attached hydrogens (tertiary/aromatic N) is 2. The Hall–Kier alpha value is -0.610. The predicted octanol–water partition coefficient (Wildman–Crippen LogP) is 3.02. The Morgan fingerprint density at radius 2 is 2.19 bits per heavy atom. The molecular weight excluding hydrogens is 268 g/mol. The van der Waals surface area contributed by atoms with Crippen LogP contribution in [0, 0.1) is 6.92 Å².